The van der Waals surface area contributed by atoms with Crippen molar-refractivity contribution in [3.63, 3.8) is 0 Å². The fourth-order valence-corrected chi connectivity index (χ4v) is 3.32. The molecule has 0 aromatic heterocycles. The van der Waals surface area contributed by atoms with Gasteiger partial charge in [0.15, 0.2) is 0 Å². The highest BCUT2D eigenvalue weighted by Crippen LogP contribution is 2.22. The Morgan fingerprint density at radius 2 is 2.18 bits per heavy atom. The van der Waals surface area contributed by atoms with Crippen LogP contribution < -0.4 is 4.72 Å². The van der Waals surface area contributed by atoms with Crippen LogP contribution in [0, 0.1) is 5.82 Å². The second-order valence-corrected chi connectivity index (χ2v) is 5.91. The first-order valence-corrected chi connectivity index (χ1v) is 7.18. The highest BCUT2D eigenvalue weighted by Gasteiger charge is 2.17. The average molecular weight is 326 g/mol. The maximum absolute atomic E-state index is 12.8. The Bertz CT molecular complexity index is 478. The second kappa shape index (κ2) is 6.44. The average Bonchev–Trinajstić information content (AvgIpc) is 2.24. The molecule has 0 unspecified atom stereocenters. The summed E-state index contributed by atoms with van der Waals surface area (Å²) < 4.78 is 43.9. The van der Waals surface area contributed by atoms with Gasteiger partial charge in [-0.1, -0.05) is 0 Å². The van der Waals surface area contributed by atoms with E-state index in [1.165, 1.54) is 6.07 Å². The lowest BCUT2D eigenvalue weighted by Crippen LogP contribution is -2.25. The summed E-state index contributed by atoms with van der Waals surface area (Å²) in [5, 5.41) is 0. The highest BCUT2D eigenvalue weighted by molar-refractivity contribution is 9.10. The van der Waals surface area contributed by atoms with Crippen LogP contribution in [0.3, 0.4) is 0 Å². The molecule has 0 saturated carbocycles. The van der Waals surface area contributed by atoms with Gasteiger partial charge in [0, 0.05) is 24.7 Å². The molecular weight excluding hydrogens is 313 g/mol. The van der Waals surface area contributed by atoms with E-state index in [0.29, 0.717) is 13.0 Å². The van der Waals surface area contributed by atoms with Gasteiger partial charge in [-0.25, -0.2) is 17.5 Å². The van der Waals surface area contributed by atoms with Crippen molar-refractivity contribution in [1.82, 2.24) is 4.72 Å². The van der Waals surface area contributed by atoms with Crippen molar-refractivity contribution in [3.05, 3.63) is 28.5 Å². The van der Waals surface area contributed by atoms with Gasteiger partial charge in [-0.15, -0.1) is 0 Å². The van der Waals surface area contributed by atoms with Gasteiger partial charge in [0.2, 0.25) is 10.0 Å². The summed E-state index contributed by atoms with van der Waals surface area (Å²) in [7, 11) is -2.06. The van der Waals surface area contributed by atoms with Crippen LogP contribution >= 0.6 is 15.9 Å². The number of halogens is 2. The quantitative estimate of drug-likeness (QED) is 0.813. The molecule has 0 aliphatic heterocycles. The molecule has 17 heavy (non-hydrogen) atoms. The van der Waals surface area contributed by atoms with E-state index in [1.54, 1.807) is 7.11 Å². The van der Waals surface area contributed by atoms with Crippen molar-refractivity contribution in [1.29, 1.82) is 0 Å². The third kappa shape index (κ3) is 4.34. The molecule has 0 spiro atoms. The molecule has 0 amide bonds. The molecule has 1 aromatic carbocycles. The predicted octanol–water partition coefficient (Wildman–Crippen LogP) is 1.90. The molecule has 0 saturated heterocycles. The molecule has 0 atom stereocenters. The molecule has 0 aliphatic carbocycles. The third-order valence-electron chi connectivity index (χ3n) is 2.00. The molecule has 0 aliphatic rings. The second-order valence-electron chi connectivity index (χ2n) is 3.32. The van der Waals surface area contributed by atoms with Crippen LogP contribution in [0.1, 0.15) is 6.42 Å². The Balaban J connectivity index is 2.76. The summed E-state index contributed by atoms with van der Waals surface area (Å²) >= 11 is 3.02. The third-order valence-corrected chi connectivity index (χ3v) is 4.44. The first kappa shape index (κ1) is 14.6. The molecule has 1 rings (SSSR count). The fourth-order valence-electron chi connectivity index (χ4n) is 1.19. The lowest BCUT2D eigenvalue weighted by Gasteiger charge is -2.08. The number of hydrogen-bond acceptors (Lipinski definition) is 3. The van der Waals surface area contributed by atoms with Crippen LogP contribution in [-0.2, 0) is 14.8 Å². The van der Waals surface area contributed by atoms with Gasteiger partial charge in [-0.3, -0.25) is 0 Å². The van der Waals surface area contributed by atoms with E-state index >= 15 is 0 Å². The highest BCUT2D eigenvalue weighted by atomic mass is 79.9. The molecule has 0 fully saturated rings. The van der Waals surface area contributed by atoms with E-state index in [2.05, 4.69) is 20.7 Å². The Hall–Kier alpha value is -0.500. The number of methoxy groups -OCH3 is 1. The van der Waals surface area contributed by atoms with Crippen LogP contribution in [0.5, 0.6) is 0 Å². The number of nitrogens with one attached hydrogen (secondary N) is 1. The zero-order chi connectivity index (χ0) is 12.9. The molecule has 1 N–H and O–H groups in total. The maximum Gasteiger partial charge on any atom is 0.241 e. The minimum Gasteiger partial charge on any atom is -0.385 e. The van der Waals surface area contributed by atoms with Crippen molar-refractivity contribution in [3.8, 4) is 0 Å². The molecule has 0 heterocycles. The zero-order valence-corrected chi connectivity index (χ0v) is 11.6. The smallest absolute Gasteiger partial charge is 0.241 e. The normalized spacial score (nSPS) is 11.7. The van der Waals surface area contributed by atoms with E-state index in [0.717, 1.165) is 12.1 Å². The summed E-state index contributed by atoms with van der Waals surface area (Å²) in [5.74, 6) is -0.491. The van der Waals surface area contributed by atoms with Gasteiger partial charge >= 0.3 is 0 Å². The number of ether oxygens (including phenoxy) is 1. The molecule has 0 radical (unpaired) electrons. The lowest BCUT2D eigenvalue weighted by atomic mass is 10.3. The molecule has 7 heteroatoms. The monoisotopic (exact) mass is 325 g/mol. The number of benzene rings is 1. The van der Waals surface area contributed by atoms with Gasteiger partial charge in [-0.2, -0.15) is 0 Å². The topological polar surface area (TPSA) is 55.4 Å². The number of rotatable bonds is 6. The van der Waals surface area contributed by atoms with Crippen LogP contribution in [0.15, 0.2) is 27.6 Å². The van der Waals surface area contributed by atoms with Crippen molar-refractivity contribution in [2.45, 2.75) is 11.3 Å². The van der Waals surface area contributed by atoms with Gasteiger partial charge in [0.25, 0.3) is 0 Å². The zero-order valence-electron chi connectivity index (χ0n) is 9.24. The van der Waals surface area contributed by atoms with Gasteiger partial charge < -0.3 is 4.74 Å². The summed E-state index contributed by atoms with van der Waals surface area (Å²) in [4.78, 5) is 0.0244. The first-order chi connectivity index (χ1) is 7.97. The van der Waals surface area contributed by atoms with Crippen LogP contribution in [0.25, 0.3) is 0 Å². The van der Waals surface area contributed by atoms with E-state index < -0.39 is 15.8 Å². The molecule has 0 bridgehead atoms. The van der Waals surface area contributed by atoms with Gasteiger partial charge in [0.05, 0.1) is 4.90 Å². The summed E-state index contributed by atoms with van der Waals surface area (Å²) in [6.07, 6.45) is 0.578. The van der Waals surface area contributed by atoms with Crippen molar-refractivity contribution < 1.29 is 17.5 Å². The first-order valence-electron chi connectivity index (χ1n) is 4.91. The van der Waals surface area contributed by atoms with E-state index in [1.807, 2.05) is 0 Å². The SMILES string of the molecule is COCCCNS(=O)(=O)c1ccc(F)cc1Br. The minimum absolute atomic E-state index is 0.0244. The maximum atomic E-state index is 12.8. The van der Waals surface area contributed by atoms with E-state index in [-0.39, 0.29) is 15.9 Å². The minimum atomic E-state index is -3.61. The molecular formula is C10H13BrFNO3S. The Morgan fingerprint density at radius 1 is 1.47 bits per heavy atom. The Morgan fingerprint density at radius 3 is 2.76 bits per heavy atom. The summed E-state index contributed by atoms with van der Waals surface area (Å²) in [5.41, 5.74) is 0. The fraction of sp³-hybridized carbons (Fsp3) is 0.400. The van der Waals surface area contributed by atoms with Crippen molar-refractivity contribution >= 4 is 26.0 Å². The van der Waals surface area contributed by atoms with Crippen molar-refractivity contribution in [2.24, 2.45) is 0 Å². The van der Waals surface area contributed by atoms with Crippen LogP contribution in [0.2, 0.25) is 0 Å². The molecule has 96 valence electrons. The number of sulfonamides is 1. The summed E-state index contributed by atoms with van der Waals surface area (Å²) in [6, 6.07) is 3.44. The van der Waals surface area contributed by atoms with Crippen LogP contribution in [-0.4, -0.2) is 28.7 Å². The van der Waals surface area contributed by atoms with Gasteiger partial charge in [0.1, 0.15) is 5.82 Å². The van der Waals surface area contributed by atoms with Crippen LogP contribution in [0.4, 0.5) is 4.39 Å². The lowest BCUT2D eigenvalue weighted by molar-refractivity contribution is 0.196. The summed E-state index contributed by atoms with van der Waals surface area (Å²) in [6.45, 7) is 0.757. The van der Waals surface area contributed by atoms with Crippen molar-refractivity contribution in [2.75, 3.05) is 20.3 Å². The molecule has 1 aromatic rings. The standard InChI is InChI=1S/C10H13BrFNO3S/c1-16-6-2-5-13-17(14,15)10-4-3-8(12)7-9(10)11/h3-4,7,13H,2,5-6H2,1H3. The Kier molecular flexibility index (Phi) is 5.51. The molecule has 4 nitrogen and oxygen atoms in total. The number of hydrogen-bond donors (Lipinski definition) is 1. The van der Waals surface area contributed by atoms with E-state index in [4.69, 9.17) is 4.74 Å². The van der Waals surface area contributed by atoms with E-state index in [9.17, 15) is 12.8 Å². The Labute approximate surface area is 108 Å². The predicted molar refractivity (Wildman–Crippen MR) is 65.8 cm³/mol. The van der Waals surface area contributed by atoms with Gasteiger partial charge in [-0.05, 0) is 40.5 Å². The largest absolute Gasteiger partial charge is 0.385 e.